The van der Waals surface area contributed by atoms with Crippen LogP contribution in [0.4, 0.5) is 0 Å². The van der Waals surface area contributed by atoms with Gasteiger partial charge in [0.05, 0.1) is 0 Å². The molecule has 1 rings (SSSR count). The molecular weight excluding hydrogens is 220 g/mol. The molecule has 2 unspecified atom stereocenters. The highest BCUT2D eigenvalue weighted by Gasteiger charge is 2.32. The number of carbonyl (C=O) groups is 4. The molecule has 0 aromatic carbocycles. The van der Waals surface area contributed by atoms with Gasteiger partial charge in [-0.2, -0.15) is 0 Å². The third-order valence-corrected chi connectivity index (χ3v) is 2.98. The Balaban J connectivity index is 3.03. The predicted octanol–water partition coefficient (Wildman–Crippen LogP) is 1.28. The minimum Gasteiger partial charge on any atom is -0.295 e. The summed E-state index contributed by atoms with van der Waals surface area (Å²) >= 11 is 0. The van der Waals surface area contributed by atoms with Crippen LogP contribution in [0.15, 0.2) is 12.2 Å². The summed E-state index contributed by atoms with van der Waals surface area (Å²) in [7, 11) is 0. The standard InChI is InChI=1S/C13H16O4/c1-3-4-9-7-8(2)10(14)5-6-11(15)13(17)12(9)16/h5-6,8-9H,3-4,7H2,1-2H3. The molecule has 1 aliphatic rings. The molecule has 0 fully saturated rings. The van der Waals surface area contributed by atoms with Gasteiger partial charge in [0.15, 0.2) is 5.78 Å². The lowest BCUT2D eigenvalue weighted by atomic mass is 9.86. The van der Waals surface area contributed by atoms with Crippen LogP contribution in [0.1, 0.15) is 33.1 Å². The summed E-state index contributed by atoms with van der Waals surface area (Å²) in [6.07, 6.45) is 3.64. The molecule has 17 heavy (non-hydrogen) atoms. The molecule has 0 N–H and O–H groups in total. The minimum absolute atomic E-state index is 0.207. The molecule has 0 amide bonds. The average Bonchev–Trinajstić information content (AvgIpc) is 2.34. The van der Waals surface area contributed by atoms with Crippen molar-refractivity contribution in [2.24, 2.45) is 11.8 Å². The van der Waals surface area contributed by atoms with Crippen molar-refractivity contribution in [1.82, 2.24) is 0 Å². The number of rotatable bonds is 2. The van der Waals surface area contributed by atoms with Gasteiger partial charge >= 0.3 is 0 Å². The van der Waals surface area contributed by atoms with E-state index in [1.54, 1.807) is 6.92 Å². The fourth-order valence-corrected chi connectivity index (χ4v) is 1.95. The smallest absolute Gasteiger partial charge is 0.268 e. The van der Waals surface area contributed by atoms with Crippen molar-refractivity contribution in [2.75, 3.05) is 0 Å². The van der Waals surface area contributed by atoms with Gasteiger partial charge in [-0.05, 0) is 25.0 Å². The number of carbonyl (C=O) groups excluding carboxylic acids is 4. The summed E-state index contributed by atoms with van der Waals surface area (Å²) in [5, 5.41) is 0. The van der Waals surface area contributed by atoms with Crippen molar-refractivity contribution >= 4 is 23.1 Å². The molecule has 0 heterocycles. The summed E-state index contributed by atoms with van der Waals surface area (Å²) < 4.78 is 0. The monoisotopic (exact) mass is 236 g/mol. The molecule has 0 bridgehead atoms. The maximum absolute atomic E-state index is 11.8. The number of hydrogen-bond donors (Lipinski definition) is 0. The Kier molecular flexibility index (Phi) is 4.49. The van der Waals surface area contributed by atoms with Crippen LogP contribution in [0.3, 0.4) is 0 Å². The fraction of sp³-hybridized carbons (Fsp3) is 0.538. The number of ketones is 4. The summed E-state index contributed by atoms with van der Waals surface area (Å²) in [5.41, 5.74) is 0. The zero-order valence-corrected chi connectivity index (χ0v) is 10.1. The second-order valence-corrected chi connectivity index (χ2v) is 4.42. The maximum atomic E-state index is 11.8. The van der Waals surface area contributed by atoms with Crippen molar-refractivity contribution < 1.29 is 19.2 Å². The zero-order valence-electron chi connectivity index (χ0n) is 10.1. The molecule has 4 nitrogen and oxygen atoms in total. The molecule has 2 atom stereocenters. The summed E-state index contributed by atoms with van der Waals surface area (Å²) in [4.78, 5) is 46.2. The van der Waals surface area contributed by atoms with Gasteiger partial charge in [0.1, 0.15) is 0 Å². The zero-order chi connectivity index (χ0) is 13.0. The van der Waals surface area contributed by atoms with Crippen LogP contribution in [-0.4, -0.2) is 23.1 Å². The van der Waals surface area contributed by atoms with Gasteiger partial charge < -0.3 is 0 Å². The molecule has 0 spiro atoms. The molecule has 1 aliphatic carbocycles. The molecule has 92 valence electrons. The Labute approximate surface area is 100 Å². The van der Waals surface area contributed by atoms with E-state index < -0.39 is 23.3 Å². The molecule has 0 saturated carbocycles. The normalized spacial score (nSPS) is 26.7. The van der Waals surface area contributed by atoms with Gasteiger partial charge in [-0.25, -0.2) is 0 Å². The lowest BCUT2D eigenvalue weighted by Crippen LogP contribution is -2.30. The van der Waals surface area contributed by atoms with Crippen LogP contribution in [0.25, 0.3) is 0 Å². The Morgan fingerprint density at radius 2 is 1.82 bits per heavy atom. The molecular formula is C13H16O4. The number of allylic oxidation sites excluding steroid dienone is 2. The van der Waals surface area contributed by atoms with Crippen molar-refractivity contribution in [1.29, 1.82) is 0 Å². The maximum Gasteiger partial charge on any atom is 0.268 e. The van der Waals surface area contributed by atoms with Gasteiger partial charge in [0.2, 0.25) is 11.6 Å². The third kappa shape index (κ3) is 3.19. The van der Waals surface area contributed by atoms with E-state index >= 15 is 0 Å². The Morgan fingerprint density at radius 1 is 1.18 bits per heavy atom. The van der Waals surface area contributed by atoms with Crippen LogP contribution in [-0.2, 0) is 19.2 Å². The average molecular weight is 236 g/mol. The van der Waals surface area contributed by atoms with E-state index in [0.29, 0.717) is 12.8 Å². The van der Waals surface area contributed by atoms with Gasteiger partial charge in [-0.1, -0.05) is 20.3 Å². The first-order valence-corrected chi connectivity index (χ1v) is 5.81. The third-order valence-electron chi connectivity index (χ3n) is 2.98. The molecule has 4 heteroatoms. The highest BCUT2D eigenvalue weighted by atomic mass is 16.2. The quantitative estimate of drug-likeness (QED) is 0.677. The lowest BCUT2D eigenvalue weighted by Gasteiger charge is -2.15. The summed E-state index contributed by atoms with van der Waals surface area (Å²) in [6.45, 7) is 3.61. The largest absolute Gasteiger partial charge is 0.295 e. The van der Waals surface area contributed by atoms with E-state index in [4.69, 9.17) is 0 Å². The fourth-order valence-electron chi connectivity index (χ4n) is 1.95. The van der Waals surface area contributed by atoms with Crippen LogP contribution < -0.4 is 0 Å². The van der Waals surface area contributed by atoms with Crippen molar-refractivity contribution in [3.05, 3.63) is 12.2 Å². The van der Waals surface area contributed by atoms with E-state index in [0.717, 1.165) is 18.6 Å². The topological polar surface area (TPSA) is 68.3 Å². The van der Waals surface area contributed by atoms with Crippen molar-refractivity contribution in [2.45, 2.75) is 33.1 Å². The van der Waals surface area contributed by atoms with E-state index in [1.807, 2.05) is 6.92 Å². The Hall–Kier alpha value is -1.58. The van der Waals surface area contributed by atoms with Crippen LogP contribution in [0.2, 0.25) is 0 Å². The van der Waals surface area contributed by atoms with Gasteiger partial charge in [-0.15, -0.1) is 0 Å². The highest BCUT2D eigenvalue weighted by Crippen LogP contribution is 2.21. The number of hydrogen-bond acceptors (Lipinski definition) is 4. The first-order chi connectivity index (χ1) is 7.97. The second kappa shape index (κ2) is 5.66. The minimum atomic E-state index is -0.999. The van der Waals surface area contributed by atoms with Crippen LogP contribution >= 0.6 is 0 Å². The summed E-state index contributed by atoms with van der Waals surface area (Å²) in [6, 6.07) is 0. The van der Waals surface area contributed by atoms with E-state index in [1.165, 1.54) is 0 Å². The molecule has 0 radical (unpaired) electrons. The van der Waals surface area contributed by atoms with Gasteiger partial charge in [0.25, 0.3) is 5.78 Å². The SMILES string of the molecule is CCCC1CC(C)C(=O)C=CC(=O)C(=O)C1=O. The van der Waals surface area contributed by atoms with E-state index in [-0.39, 0.29) is 11.7 Å². The van der Waals surface area contributed by atoms with Crippen LogP contribution in [0.5, 0.6) is 0 Å². The number of Topliss-reactive ketones (excluding diaryl/α,β-unsaturated/α-hetero) is 2. The van der Waals surface area contributed by atoms with E-state index in [2.05, 4.69) is 0 Å². The molecule has 0 saturated heterocycles. The molecule has 0 aromatic rings. The molecule has 0 aromatic heterocycles. The van der Waals surface area contributed by atoms with Gasteiger partial charge in [0, 0.05) is 11.8 Å². The highest BCUT2D eigenvalue weighted by molar-refractivity contribution is 6.66. The van der Waals surface area contributed by atoms with Gasteiger partial charge in [-0.3, -0.25) is 19.2 Å². The Bertz CT molecular complexity index is 392. The van der Waals surface area contributed by atoms with Crippen molar-refractivity contribution in [3.63, 3.8) is 0 Å². The first kappa shape index (κ1) is 13.5. The van der Waals surface area contributed by atoms with E-state index in [9.17, 15) is 19.2 Å². The second-order valence-electron chi connectivity index (χ2n) is 4.42. The lowest BCUT2D eigenvalue weighted by molar-refractivity contribution is -0.144. The first-order valence-electron chi connectivity index (χ1n) is 5.81. The van der Waals surface area contributed by atoms with Crippen LogP contribution in [0, 0.1) is 11.8 Å². The summed E-state index contributed by atoms with van der Waals surface area (Å²) in [5.74, 6) is -3.58. The molecule has 0 aliphatic heterocycles. The Morgan fingerprint density at radius 3 is 2.41 bits per heavy atom. The predicted molar refractivity (Wildman–Crippen MR) is 61.3 cm³/mol. The van der Waals surface area contributed by atoms with Crippen molar-refractivity contribution in [3.8, 4) is 0 Å².